The molecule has 6 heteroatoms. The Morgan fingerprint density at radius 3 is 2.61 bits per heavy atom. The van der Waals surface area contributed by atoms with Crippen LogP contribution in [0.15, 0.2) is 40.2 Å². The van der Waals surface area contributed by atoms with Crippen LogP contribution in [0, 0.1) is 13.8 Å². The number of anilines is 2. The van der Waals surface area contributed by atoms with Crippen LogP contribution in [0.5, 0.6) is 0 Å². The van der Waals surface area contributed by atoms with Gasteiger partial charge >= 0.3 is 0 Å². The van der Waals surface area contributed by atoms with Gasteiger partial charge in [0.05, 0.1) is 17.1 Å². The minimum atomic E-state index is -0.166. The Bertz CT molecular complexity index is 823. The number of hydrogen-bond donors (Lipinski definition) is 0. The Labute approximate surface area is 138 Å². The molecule has 0 atom stereocenters. The lowest BCUT2D eigenvalue weighted by Gasteiger charge is -2.20. The summed E-state index contributed by atoms with van der Waals surface area (Å²) in [4.78, 5) is 19.3. The molecule has 0 saturated heterocycles. The lowest BCUT2D eigenvalue weighted by Crippen LogP contribution is -2.27. The fourth-order valence-electron chi connectivity index (χ4n) is 2.38. The van der Waals surface area contributed by atoms with E-state index >= 15 is 0 Å². The minimum Gasteiger partial charge on any atom is -0.361 e. The summed E-state index contributed by atoms with van der Waals surface area (Å²) >= 11 is 1.44. The fraction of sp³-hybridized carbons (Fsp3) is 0.235. The number of aromatic nitrogens is 2. The van der Waals surface area contributed by atoms with E-state index in [0.29, 0.717) is 28.6 Å². The normalized spacial score (nSPS) is 10.7. The topological polar surface area (TPSA) is 59.2 Å². The molecule has 0 aliphatic heterocycles. The maximum absolute atomic E-state index is 13.2. The molecule has 3 rings (SSSR count). The number of carbonyl (C=O) groups excluding carboxylic acids is 1. The van der Waals surface area contributed by atoms with E-state index in [9.17, 15) is 4.79 Å². The highest BCUT2D eigenvalue weighted by Crippen LogP contribution is 2.31. The largest absolute Gasteiger partial charge is 0.361 e. The van der Waals surface area contributed by atoms with Gasteiger partial charge in [-0.15, -0.1) is 11.3 Å². The first kappa shape index (κ1) is 15.4. The molecule has 0 radical (unpaired) electrons. The number of para-hydroxylation sites is 1. The van der Waals surface area contributed by atoms with Crippen LogP contribution in [0.1, 0.15) is 34.4 Å². The second kappa shape index (κ2) is 6.34. The van der Waals surface area contributed by atoms with E-state index in [1.807, 2.05) is 49.6 Å². The second-order valence-electron chi connectivity index (χ2n) is 5.16. The molecule has 1 aromatic carbocycles. The van der Waals surface area contributed by atoms with E-state index in [1.165, 1.54) is 11.3 Å². The third-order valence-electron chi connectivity index (χ3n) is 3.50. The van der Waals surface area contributed by atoms with E-state index in [0.717, 1.165) is 11.4 Å². The summed E-state index contributed by atoms with van der Waals surface area (Å²) in [6, 6.07) is 9.50. The van der Waals surface area contributed by atoms with Crippen molar-refractivity contribution in [1.29, 1.82) is 0 Å². The summed E-state index contributed by atoms with van der Waals surface area (Å²) in [5, 5.41) is 6.56. The molecular formula is C17H17N3O2S. The summed E-state index contributed by atoms with van der Waals surface area (Å²) in [7, 11) is 0. The number of benzene rings is 1. The molecular weight excluding hydrogens is 310 g/mol. The molecule has 0 fully saturated rings. The SMILES string of the molecule is CCc1noc(C)c1C(=O)N(c1ccccc1)c1nc(C)cs1. The lowest BCUT2D eigenvalue weighted by molar-refractivity contribution is 0.0997. The molecule has 1 amide bonds. The predicted octanol–water partition coefficient (Wildman–Crippen LogP) is 4.29. The van der Waals surface area contributed by atoms with E-state index in [1.54, 1.807) is 11.8 Å². The first-order chi connectivity index (χ1) is 11.1. The van der Waals surface area contributed by atoms with Crippen LogP contribution in [0.3, 0.4) is 0 Å². The molecule has 2 heterocycles. The number of aryl methyl sites for hydroxylation is 3. The van der Waals surface area contributed by atoms with Gasteiger partial charge in [-0.25, -0.2) is 4.98 Å². The monoisotopic (exact) mass is 327 g/mol. The predicted molar refractivity (Wildman–Crippen MR) is 90.4 cm³/mol. The number of hydrogen-bond acceptors (Lipinski definition) is 5. The molecule has 2 aromatic heterocycles. The third kappa shape index (κ3) is 2.90. The third-order valence-corrected chi connectivity index (χ3v) is 4.44. The van der Waals surface area contributed by atoms with Gasteiger partial charge < -0.3 is 4.52 Å². The molecule has 0 N–H and O–H groups in total. The highest BCUT2D eigenvalue weighted by molar-refractivity contribution is 7.14. The van der Waals surface area contributed by atoms with Gasteiger partial charge in [-0.05, 0) is 32.4 Å². The van der Waals surface area contributed by atoms with Crippen molar-refractivity contribution in [2.45, 2.75) is 27.2 Å². The van der Waals surface area contributed by atoms with Gasteiger partial charge in [0.1, 0.15) is 11.3 Å². The Balaban J connectivity index is 2.12. The van der Waals surface area contributed by atoms with Gasteiger partial charge in [-0.2, -0.15) is 0 Å². The maximum Gasteiger partial charge on any atom is 0.270 e. The number of nitrogens with zero attached hydrogens (tertiary/aromatic N) is 3. The molecule has 23 heavy (non-hydrogen) atoms. The standard InChI is InChI=1S/C17H17N3O2S/c1-4-14-15(12(3)22-19-14)16(21)20(13-8-6-5-7-9-13)17-18-11(2)10-23-17/h5-10H,4H2,1-3H3. The number of amides is 1. The van der Waals surface area contributed by atoms with Gasteiger partial charge in [0.25, 0.3) is 5.91 Å². The average Bonchev–Trinajstić information content (AvgIpc) is 3.14. The lowest BCUT2D eigenvalue weighted by atomic mass is 10.1. The maximum atomic E-state index is 13.2. The summed E-state index contributed by atoms with van der Waals surface area (Å²) in [6.07, 6.45) is 0.637. The van der Waals surface area contributed by atoms with Crippen LogP contribution in [0.25, 0.3) is 0 Å². The summed E-state index contributed by atoms with van der Waals surface area (Å²) in [5.41, 5.74) is 2.84. The number of thiazole rings is 1. The molecule has 118 valence electrons. The van der Waals surface area contributed by atoms with Crippen LogP contribution in [0.2, 0.25) is 0 Å². The first-order valence-electron chi connectivity index (χ1n) is 7.38. The van der Waals surface area contributed by atoms with Gasteiger partial charge in [0.2, 0.25) is 0 Å². The average molecular weight is 327 g/mol. The Kier molecular flexibility index (Phi) is 4.25. The van der Waals surface area contributed by atoms with E-state index in [-0.39, 0.29) is 5.91 Å². The van der Waals surface area contributed by atoms with E-state index < -0.39 is 0 Å². The zero-order valence-electron chi connectivity index (χ0n) is 13.2. The van der Waals surface area contributed by atoms with Gasteiger partial charge in [0, 0.05) is 5.38 Å². The quantitative estimate of drug-likeness (QED) is 0.717. The molecule has 0 bridgehead atoms. The summed E-state index contributed by atoms with van der Waals surface area (Å²) in [6.45, 7) is 5.62. The molecule has 0 unspecified atom stereocenters. The molecule has 0 aliphatic rings. The zero-order valence-corrected chi connectivity index (χ0v) is 14.1. The number of rotatable bonds is 4. The highest BCUT2D eigenvalue weighted by Gasteiger charge is 2.28. The molecule has 5 nitrogen and oxygen atoms in total. The van der Waals surface area contributed by atoms with E-state index in [4.69, 9.17) is 4.52 Å². The Morgan fingerprint density at radius 1 is 1.26 bits per heavy atom. The number of carbonyl (C=O) groups is 1. The van der Waals surface area contributed by atoms with Crippen molar-refractivity contribution in [3.05, 3.63) is 58.4 Å². The smallest absolute Gasteiger partial charge is 0.270 e. The summed E-state index contributed by atoms with van der Waals surface area (Å²) < 4.78 is 5.22. The first-order valence-corrected chi connectivity index (χ1v) is 8.26. The zero-order chi connectivity index (χ0) is 16.4. The van der Waals surface area contributed by atoms with Gasteiger partial charge in [0.15, 0.2) is 5.13 Å². The van der Waals surface area contributed by atoms with Crippen LogP contribution in [-0.2, 0) is 6.42 Å². The van der Waals surface area contributed by atoms with Crippen LogP contribution < -0.4 is 4.90 Å². The second-order valence-corrected chi connectivity index (χ2v) is 6.00. The molecule has 3 aromatic rings. The molecule has 0 aliphatic carbocycles. The van der Waals surface area contributed by atoms with Crippen molar-refractivity contribution in [1.82, 2.24) is 10.1 Å². The highest BCUT2D eigenvalue weighted by atomic mass is 32.1. The van der Waals surface area contributed by atoms with Crippen LogP contribution in [0.4, 0.5) is 10.8 Å². The van der Waals surface area contributed by atoms with E-state index in [2.05, 4.69) is 10.1 Å². The Hall–Kier alpha value is -2.47. The van der Waals surface area contributed by atoms with Crippen molar-refractivity contribution in [2.75, 3.05) is 4.90 Å². The van der Waals surface area contributed by atoms with Crippen molar-refractivity contribution in [3.63, 3.8) is 0 Å². The van der Waals surface area contributed by atoms with Gasteiger partial charge in [-0.3, -0.25) is 9.69 Å². The van der Waals surface area contributed by atoms with Crippen molar-refractivity contribution in [3.8, 4) is 0 Å². The van der Waals surface area contributed by atoms with Crippen LogP contribution >= 0.6 is 11.3 Å². The van der Waals surface area contributed by atoms with Crippen molar-refractivity contribution >= 4 is 28.1 Å². The van der Waals surface area contributed by atoms with Crippen molar-refractivity contribution < 1.29 is 9.32 Å². The fourth-order valence-corrected chi connectivity index (χ4v) is 3.20. The molecule has 0 saturated carbocycles. The Morgan fingerprint density at radius 2 is 2.00 bits per heavy atom. The van der Waals surface area contributed by atoms with Crippen LogP contribution in [-0.4, -0.2) is 16.0 Å². The van der Waals surface area contributed by atoms with Crippen molar-refractivity contribution in [2.24, 2.45) is 0 Å². The summed E-state index contributed by atoms with van der Waals surface area (Å²) in [5.74, 6) is 0.363. The molecule has 0 spiro atoms. The minimum absolute atomic E-state index is 0.166. The van der Waals surface area contributed by atoms with Gasteiger partial charge in [-0.1, -0.05) is 30.3 Å².